The van der Waals surface area contributed by atoms with Crippen LogP contribution in [0.2, 0.25) is 0 Å². The second-order valence-electron chi connectivity index (χ2n) is 13.1. The third kappa shape index (κ3) is 35.0. The lowest BCUT2D eigenvalue weighted by molar-refractivity contribution is -0.150. The summed E-state index contributed by atoms with van der Waals surface area (Å²) in [4.78, 5) is 23.3. The van der Waals surface area contributed by atoms with Crippen LogP contribution in [-0.4, -0.2) is 23.1 Å². The fourth-order valence-corrected chi connectivity index (χ4v) is 5.89. The van der Waals surface area contributed by atoms with E-state index < -0.39 is 5.97 Å². The summed E-state index contributed by atoms with van der Waals surface area (Å²) in [7, 11) is 0. The lowest BCUT2D eigenvalue weighted by atomic mass is 10.0. The molecule has 0 aromatic carbocycles. The van der Waals surface area contributed by atoms with Gasteiger partial charge >= 0.3 is 11.9 Å². The molecule has 1 atom stereocenters. The van der Waals surface area contributed by atoms with Crippen molar-refractivity contribution in [2.75, 3.05) is 0 Å². The van der Waals surface area contributed by atoms with E-state index in [-0.39, 0.29) is 18.5 Å². The predicted molar refractivity (Wildman–Crippen MR) is 186 cm³/mol. The molecule has 0 fully saturated rings. The maximum Gasteiger partial charge on any atom is 0.306 e. The summed E-state index contributed by atoms with van der Waals surface area (Å²) in [5, 5.41) is 8.80. The molecule has 0 saturated carbocycles. The molecule has 0 amide bonds. The number of carbonyl (C=O) groups excluding carboxylic acids is 1. The average molecular weight is 607 g/mol. The highest BCUT2D eigenvalue weighted by molar-refractivity contribution is 5.69. The number of esters is 1. The molecule has 254 valence electrons. The van der Waals surface area contributed by atoms with E-state index in [0.29, 0.717) is 6.42 Å². The maximum absolute atomic E-state index is 12.6. The third-order valence-electron chi connectivity index (χ3n) is 8.72. The molecule has 4 nitrogen and oxygen atoms in total. The zero-order valence-corrected chi connectivity index (χ0v) is 29.0. The monoisotopic (exact) mass is 607 g/mol. The van der Waals surface area contributed by atoms with Gasteiger partial charge in [-0.25, -0.2) is 0 Å². The van der Waals surface area contributed by atoms with Crippen LogP contribution in [0.25, 0.3) is 0 Å². The smallest absolute Gasteiger partial charge is 0.306 e. The van der Waals surface area contributed by atoms with E-state index in [0.717, 1.165) is 64.2 Å². The summed E-state index contributed by atoms with van der Waals surface area (Å²) in [6, 6.07) is 0. The normalized spacial score (nSPS) is 12.2. The second kappa shape index (κ2) is 35.2. The van der Waals surface area contributed by atoms with Gasteiger partial charge in [0.1, 0.15) is 6.10 Å². The minimum absolute atomic E-state index is 0.00471. The number of hydrogen-bond acceptors (Lipinski definition) is 3. The van der Waals surface area contributed by atoms with Crippen LogP contribution < -0.4 is 0 Å². The first-order valence-corrected chi connectivity index (χ1v) is 19.2. The van der Waals surface area contributed by atoms with Gasteiger partial charge in [0.15, 0.2) is 0 Å². The van der Waals surface area contributed by atoms with E-state index in [1.165, 1.54) is 128 Å². The topological polar surface area (TPSA) is 63.6 Å². The van der Waals surface area contributed by atoms with Crippen LogP contribution in [0, 0.1) is 0 Å². The molecule has 0 bridgehead atoms. The van der Waals surface area contributed by atoms with E-state index in [4.69, 9.17) is 9.84 Å². The van der Waals surface area contributed by atoms with Crippen LogP contribution in [0.5, 0.6) is 0 Å². The van der Waals surface area contributed by atoms with Gasteiger partial charge < -0.3 is 9.84 Å². The molecule has 0 radical (unpaired) electrons. The van der Waals surface area contributed by atoms with Gasteiger partial charge in [0, 0.05) is 12.8 Å². The van der Waals surface area contributed by atoms with Crippen LogP contribution in [-0.2, 0) is 14.3 Å². The molecule has 0 aromatic rings. The summed E-state index contributed by atoms with van der Waals surface area (Å²) >= 11 is 0. The Morgan fingerprint density at radius 1 is 0.488 bits per heavy atom. The number of allylic oxidation sites excluding steroid dienone is 2. The Balaban J connectivity index is 4.02. The molecule has 0 rings (SSSR count). The van der Waals surface area contributed by atoms with Crippen molar-refractivity contribution in [3.8, 4) is 0 Å². The number of hydrogen-bond donors (Lipinski definition) is 1. The van der Waals surface area contributed by atoms with Gasteiger partial charge in [0.05, 0.1) is 0 Å². The number of carboxylic acid groups (broad SMARTS) is 1. The minimum atomic E-state index is -0.699. The molecule has 4 heteroatoms. The van der Waals surface area contributed by atoms with Crippen molar-refractivity contribution >= 4 is 11.9 Å². The van der Waals surface area contributed by atoms with Gasteiger partial charge in [0.2, 0.25) is 0 Å². The van der Waals surface area contributed by atoms with Gasteiger partial charge in [-0.1, -0.05) is 161 Å². The molecule has 0 aliphatic heterocycles. The number of aliphatic carboxylic acids is 1. The Labute approximate surface area is 268 Å². The molecule has 0 aliphatic carbocycles. The van der Waals surface area contributed by atoms with Crippen LogP contribution >= 0.6 is 0 Å². The minimum Gasteiger partial charge on any atom is -0.481 e. The van der Waals surface area contributed by atoms with E-state index >= 15 is 0 Å². The lowest BCUT2D eigenvalue weighted by Gasteiger charge is -2.18. The van der Waals surface area contributed by atoms with Gasteiger partial charge in [0.25, 0.3) is 0 Å². The highest BCUT2D eigenvalue weighted by Crippen LogP contribution is 2.19. The molecular formula is C39H74O4. The first kappa shape index (κ1) is 41.7. The summed E-state index contributed by atoms with van der Waals surface area (Å²) in [5.74, 6) is -0.704. The van der Waals surface area contributed by atoms with Crippen molar-refractivity contribution in [1.29, 1.82) is 0 Å². The molecule has 1 unspecified atom stereocenters. The molecule has 0 aromatic heterocycles. The Morgan fingerprint density at radius 3 is 1.35 bits per heavy atom. The van der Waals surface area contributed by atoms with Crippen molar-refractivity contribution in [3.63, 3.8) is 0 Å². The van der Waals surface area contributed by atoms with Crippen LogP contribution in [0.1, 0.15) is 219 Å². The summed E-state index contributed by atoms with van der Waals surface area (Å²) < 4.78 is 5.99. The zero-order valence-electron chi connectivity index (χ0n) is 29.0. The first-order chi connectivity index (χ1) is 21.1. The van der Waals surface area contributed by atoms with Crippen molar-refractivity contribution in [2.24, 2.45) is 0 Å². The molecule has 0 aliphatic rings. The number of carboxylic acids is 1. The molecule has 0 saturated heterocycles. The largest absolute Gasteiger partial charge is 0.481 e. The van der Waals surface area contributed by atoms with Crippen molar-refractivity contribution < 1.29 is 19.4 Å². The van der Waals surface area contributed by atoms with Gasteiger partial charge in [-0.2, -0.15) is 0 Å². The van der Waals surface area contributed by atoms with Gasteiger partial charge in [-0.3, -0.25) is 9.59 Å². The Morgan fingerprint density at radius 2 is 0.884 bits per heavy atom. The van der Waals surface area contributed by atoms with Gasteiger partial charge in [-0.05, 0) is 57.8 Å². The van der Waals surface area contributed by atoms with Crippen molar-refractivity contribution in [1.82, 2.24) is 0 Å². The van der Waals surface area contributed by atoms with E-state index in [9.17, 15) is 9.59 Å². The molecule has 0 spiro atoms. The first-order valence-electron chi connectivity index (χ1n) is 19.2. The fourth-order valence-electron chi connectivity index (χ4n) is 5.89. The van der Waals surface area contributed by atoms with E-state index in [2.05, 4.69) is 26.0 Å². The highest BCUT2D eigenvalue weighted by atomic mass is 16.5. The standard InChI is InChI=1S/C39H74O4/c1-3-5-7-9-11-13-15-16-17-18-19-20-22-25-29-33-37(34-30-26-24-27-31-35-38(40)41)43-39(42)36-32-28-23-21-14-12-10-8-6-4-2/h8,10,37H,3-7,9,11-36H2,1-2H3,(H,40,41)/b10-8-. The van der Waals surface area contributed by atoms with Crippen molar-refractivity contribution in [2.45, 2.75) is 225 Å². The Hall–Kier alpha value is -1.32. The van der Waals surface area contributed by atoms with Crippen molar-refractivity contribution in [3.05, 3.63) is 12.2 Å². The van der Waals surface area contributed by atoms with Crippen LogP contribution in [0.15, 0.2) is 12.2 Å². The Kier molecular flexibility index (Phi) is 34.1. The third-order valence-corrected chi connectivity index (χ3v) is 8.72. The zero-order chi connectivity index (χ0) is 31.5. The summed E-state index contributed by atoms with van der Waals surface area (Å²) in [6.45, 7) is 4.50. The maximum atomic E-state index is 12.6. The number of rotatable bonds is 35. The van der Waals surface area contributed by atoms with Crippen LogP contribution in [0.4, 0.5) is 0 Å². The highest BCUT2D eigenvalue weighted by Gasteiger charge is 2.14. The van der Waals surface area contributed by atoms with E-state index in [1.807, 2.05) is 0 Å². The Bertz CT molecular complexity index is 614. The molecular weight excluding hydrogens is 532 g/mol. The fraction of sp³-hybridized carbons (Fsp3) is 0.897. The summed E-state index contributed by atoms with van der Waals surface area (Å²) in [6.07, 6.45) is 42.3. The molecule has 43 heavy (non-hydrogen) atoms. The van der Waals surface area contributed by atoms with E-state index in [1.54, 1.807) is 0 Å². The number of unbranched alkanes of at least 4 members (excludes halogenated alkanes) is 24. The summed E-state index contributed by atoms with van der Waals surface area (Å²) in [5.41, 5.74) is 0. The predicted octanol–water partition coefficient (Wildman–Crippen LogP) is 13.1. The van der Waals surface area contributed by atoms with Gasteiger partial charge in [-0.15, -0.1) is 0 Å². The quantitative estimate of drug-likeness (QED) is 0.0443. The number of ether oxygens (including phenoxy) is 1. The van der Waals surface area contributed by atoms with Crippen LogP contribution in [0.3, 0.4) is 0 Å². The average Bonchev–Trinajstić information content (AvgIpc) is 2.99. The SMILES string of the molecule is CCC/C=C\CCCCCCCC(=O)OC(CCCCCCCCCCCCCCCCC)CCCCCCCC(=O)O. The molecule has 1 N–H and O–H groups in total. The lowest BCUT2D eigenvalue weighted by Crippen LogP contribution is -2.18. The second-order valence-corrected chi connectivity index (χ2v) is 13.1. The molecule has 0 heterocycles. The number of carbonyl (C=O) groups is 2.